The minimum atomic E-state index is -3.11. The first kappa shape index (κ1) is 25.0. The molecule has 3 aliphatic heterocycles. The summed E-state index contributed by atoms with van der Waals surface area (Å²) < 4.78 is 24.3. The van der Waals surface area contributed by atoms with Gasteiger partial charge < -0.3 is 0 Å². The highest BCUT2D eigenvalue weighted by Gasteiger charge is 2.42. The number of nitrogens with zero attached hydrogens (tertiary/aromatic N) is 3. The van der Waals surface area contributed by atoms with Gasteiger partial charge in [-0.1, -0.05) is 96.8 Å². The van der Waals surface area contributed by atoms with Gasteiger partial charge in [-0.05, 0) is 41.3 Å². The van der Waals surface area contributed by atoms with Gasteiger partial charge in [-0.2, -0.15) is 5.10 Å². The number of thioether (sulfide) groups is 1. The number of rotatable bonds is 5. The van der Waals surface area contributed by atoms with Gasteiger partial charge in [0.1, 0.15) is 4.32 Å². The van der Waals surface area contributed by atoms with Crippen LogP contribution in [0.15, 0.2) is 94.9 Å². The Morgan fingerprint density at radius 3 is 2.29 bits per heavy atom. The lowest BCUT2D eigenvalue weighted by Gasteiger charge is -2.24. The Hall–Kier alpha value is -3.27. The van der Waals surface area contributed by atoms with Gasteiger partial charge in [0.25, 0.3) is 5.91 Å². The van der Waals surface area contributed by atoms with E-state index in [2.05, 4.69) is 29.3 Å². The molecule has 0 N–H and O–H groups in total. The molecule has 2 unspecified atom stereocenters. The number of thiocarbonyl (C=S) groups is 1. The molecule has 2 saturated heterocycles. The van der Waals surface area contributed by atoms with E-state index in [-0.39, 0.29) is 29.5 Å². The van der Waals surface area contributed by atoms with E-state index in [9.17, 15) is 13.2 Å². The normalized spacial score (nSPS) is 23.9. The second kappa shape index (κ2) is 10.1. The highest BCUT2D eigenvalue weighted by Crippen LogP contribution is 2.38. The molecule has 192 valence electrons. The zero-order chi connectivity index (χ0) is 26.3. The average molecular weight is 560 g/mol. The summed E-state index contributed by atoms with van der Waals surface area (Å²) in [4.78, 5) is 15.1. The summed E-state index contributed by atoms with van der Waals surface area (Å²) in [5, 5.41) is 7.08. The summed E-state index contributed by atoms with van der Waals surface area (Å²) in [6.07, 6.45) is 3.06. The maximum Gasteiger partial charge on any atom is 0.266 e. The standard InChI is InChI=1S/C29H25N3O3S3/c33-28-27(37-29(36)31(28)24-15-16-38(34,35)19-24)17-20-11-13-23(14-12-20)32-26(22-9-5-2-6-10-22)18-25(30-32)21-7-3-1-4-8-21/h1-14,17,24,26H,15-16,18-19H2. The van der Waals surface area contributed by atoms with Crippen LogP contribution in [0.25, 0.3) is 6.08 Å². The van der Waals surface area contributed by atoms with Gasteiger partial charge >= 0.3 is 0 Å². The summed E-state index contributed by atoms with van der Waals surface area (Å²) in [6, 6.07) is 28.3. The molecule has 2 atom stereocenters. The third kappa shape index (κ3) is 4.93. The van der Waals surface area contributed by atoms with Crippen molar-refractivity contribution in [2.24, 2.45) is 5.10 Å². The first-order chi connectivity index (χ1) is 18.4. The number of hydrazone groups is 1. The average Bonchev–Trinajstić information content (AvgIpc) is 3.60. The molecule has 6 nitrogen and oxygen atoms in total. The Morgan fingerprint density at radius 1 is 0.947 bits per heavy atom. The molecule has 0 aliphatic carbocycles. The zero-order valence-electron chi connectivity index (χ0n) is 20.4. The van der Waals surface area contributed by atoms with E-state index >= 15 is 0 Å². The highest BCUT2D eigenvalue weighted by atomic mass is 32.2. The van der Waals surface area contributed by atoms with Gasteiger partial charge in [-0.25, -0.2) is 8.42 Å². The van der Waals surface area contributed by atoms with E-state index in [1.54, 1.807) is 0 Å². The molecule has 3 aliphatic rings. The molecule has 0 radical (unpaired) electrons. The number of amides is 1. The Bertz CT molecular complexity index is 1550. The molecular weight excluding hydrogens is 535 g/mol. The van der Waals surface area contributed by atoms with Crippen molar-refractivity contribution in [1.29, 1.82) is 0 Å². The fourth-order valence-electron chi connectivity index (χ4n) is 5.14. The van der Waals surface area contributed by atoms with Gasteiger partial charge in [0, 0.05) is 6.42 Å². The van der Waals surface area contributed by atoms with Gasteiger partial charge in [0.2, 0.25) is 0 Å². The predicted octanol–water partition coefficient (Wildman–Crippen LogP) is 5.43. The Balaban J connectivity index is 1.25. The van der Waals surface area contributed by atoms with Gasteiger partial charge in [0.05, 0.1) is 39.9 Å². The molecule has 38 heavy (non-hydrogen) atoms. The summed E-state index contributed by atoms with van der Waals surface area (Å²) in [5.41, 5.74) is 5.19. The lowest BCUT2D eigenvalue weighted by molar-refractivity contribution is -0.123. The van der Waals surface area contributed by atoms with Crippen LogP contribution in [0.2, 0.25) is 0 Å². The summed E-state index contributed by atoms with van der Waals surface area (Å²) in [5.74, 6) is -0.137. The van der Waals surface area contributed by atoms with Crippen molar-refractivity contribution in [1.82, 2.24) is 4.90 Å². The second-order valence-corrected chi connectivity index (χ2v) is 13.5. The summed E-state index contributed by atoms with van der Waals surface area (Å²) in [7, 11) is -3.11. The molecule has 0 spiro atoms. The number of carbonyl (C=O) groups excluding carboxylic acids is 1. The smallest absolute Gasteiger partial charge is 0.266 e. The number of hydrogen-bond donors (Lipinski definition) is 0. The summed E-state index contributed by atoms with van der Waals surface area (Å²) in [6.45, 7) is 0. The van der Waals surface area contributed by atoms with Crippen LogP contribution >= 0.6 is 24.0 Å². The van der Waals surface area contributed by atoms with Crippen molar-refractivity contribution in [2.75, 3.05) is 16.5 Å². The van der Waals surface area contributed by atoms with Crippen molar-refractivity contribution in [2.45, 2.75) is 24.9 Å². The van der Waals surface area contributed by atoms with Crippen molar-refractivity contribution in [3.63, 3.8) is 0 Å². The van der Waals surface area contributed by atoms with E-state index < -0.39 is 9.84 Å². The van der Waals surface area contributed by atoms with Crippen LogP contribution in [-0.4, -0.2) is 46.8 Å². The van der Waals surface area contributed by atoms with Gasteiger partial charge in [0.15, 0.2) is 9.84 Å². The van der Waals surface area contributed by atoms with Gasteiger partial charge in [-0.3, -0.25) is 14.7 Å². The predicted molar refractivity (Wildman–Crippen MR) is 158 cm³/mol. The van der Waals surface area contributed by atoms with Crippen LogP contribution in [0.1, 0.15) is 35.6 Å². The van der Waals surface area contributed by atoms with Crippen LogP contribution < -0.4 is 5.01 Å². The number of benzene rings is 3. The largest absolute Gasteiger partial charge is 0.289 e. The SMILES string of the molecule is O=C1C(=Cc2ccc(N3N=C(c4ccccc4)CC3c3ccccc3)cc2)SC(=S)N1C1CCS(=O)(=O)C1. The molecule has 2 fully saturated rings. The maximum absolute atomic E-state index is 13.1. The lowest BCUT2D eigenvalue weighted by atomic mass is 9.98. The first-order valence-corrected chi connectivity index (χ1v) is 15.5. The molecule has 0 bridgehead atoms. The molecule has 9 heteroatoms. The first-order valence-electron chi connectivity index (χ1n) is 12.4. The number of hydrogen-bond acceptors (Lipinski definition) is 7. The quantitative estimate of drug-likeness (QED) is 0.307. The highest BCUT2D eigenvalue weighted by molar-refractivity contribution is 8.26. The van der Waals surface area contributed by atoms with Crippen molar-refractivity contribution >= 4 is 61.5 Å². The molecular formula is C29H25N3O3S3. The van der Waals surface area contributed by atoms with Crippen LogP contribution in [0.3, 0.4) is 0 Å². The lowest BCUT2D eigenvalue weighted by Crippen LogP contribution is -2.39. The van der Waals surface area contributed by atoms with Crippen LogP contribution in [0.5, 0.6) is 0 Å². The summed E-state index contributed by atoms with van der Waals surface area (Å²) >= 11 is 6.67. The number of carbonyl (C=O) groups is 1. The van der Waals surface area contributed by atoms with Crippen LogP contribution in [0, 0.1) is 0 Å². The molecule has 3 aromatic carbocycles. The fraction of sp³-hybridized carbons (Fsp3) is 0.207. The molecule has 3 heterocycles. The third-order valence-electron chi connectivity index (χ3n) is 7.05. The second-order valence-electron chi connectivity index (χ2n) is 9.59. The monoisotopic (exact) mass is 559 g/mol. The topological polar surface area (TPSA) is 70.1 Å². The molecule has 6 rings (SSSR count). The maximum atomic E-state index is 13.1. The minimum absolute atomic E-state index is 0.0225. The van der Waals surface area contributed by atoms with Crippen molar-refractivity contribution in [3.8, 4) is 0 Å². The Kier molecular flexibility index (Phi) is 6.67. The molecule has 0 aromatic heterocycles. The third-order valence-corrected chi connectivity index (χ3v) is 10.1. The van der Waals surface area contributed by atoms with Crippen LogP contribution in [0.4, 0.5) is 5.69 Å². The number of sulfone groups is 1. The van der Waals surface area contributed by atoms with Gasteiger partial charge in [-0.15, -0.1) is 0 Å². The molecule has 3 aromatic rings. The van der Waals surface area contributed by atoms with E-state index in [0.717, 1.165) is 28.9 Å². The van der Waals surface area contributed by atoms with E-state index in [4.69, 9.17) is 17.3 Å². The molecule has 1 amide bonds. The number of anilines is 1. The Morgan fingerprint density at radius 2 is 1.63 bits per heavy atom. The van der Waals surface area contributed by atoms with E-state index in [0.29, 0.717) is 15.6 Å². The minimum Gasteiger partial charge on any atom is -0.289 e. The zero-order valence-corrected chi connectivity index (χ0v) is 22.9. The van der Waals surface area contributed by atoms with Crippen LogP contribution in [-0.2, 0) is 14.6 Å². The molecule has 0 saturated carbocycles. The van der Waals surface area contributed by atoms with E-state index in [1.807, 2.05) is 66.7 Å². The Labute approximate surface area is 232 Å². The van der Waals surface area contributed by atoms with Crippen molar-refractivity contribution in [3.05, 3.63) is 107 Å². The van der Waals surface area contributed by atoms with E-state index in [1.165, 1.54) is 22.2 Å². The fourth-order valence-corrected chi connectivity index (χ4v) is 8.24. The van der Waals surface area contributed by atoms with Crippen molar-refractivity contribution < 1.29 is 13.2 Å².